The largest absolute Gasteiger partial charge is 0.393 e. The second-order valence-corrected chi connectivity index (χ2v) is 4.91. The molecule has 96 valence electrons. The molecule has 1 aromatic rings. The van der Waals surface area contributed by atoms with Crippen molar-refractivity contribution in [2.75, 3.05) is 5.73 Å². The zero-order valence-electron chi connectivity index (χ0n) is 10.9. The Balaban J connectivity index is 2.49. The molecule has 1 aliphatic rings. The predicted octanol–water partition coefficient (Wildman–Crippen LogP) is 2.32. The van der Waals surface area contributed by atoms with E-state index >= 15 is 0 Å². The molecule has 0 bridgehead atoms. The normalized spacial score (nSPS) is 16.8. The zero-order chi connectivity index (χ0) is 12.4. The molecular weight excluding hydrogens is 214 g/mol. The number of hydrogen-bond donors (Lipinski definition) is 1. The first-order chi connectivity index (χ1) is 8.20. The van der Waals surface area contributed by atoms with Crippen LogP contribution < -0.4 is 11.3 Å². The number of nitrogens with two attached hydrogens (primary N) is 1. The molecule has 0 spiro atoms. The van der Waals surface area contributed by atoms with Gasteiger partial charge >= 0.3 is 0 Å². The Morgan fingerprint density at radius 3 is 2.47 bits per heavy atom. The number of rotatable bonds is 4. The topological polar surface area (TPSA) is 53.0 Å². The Labute approximate surface area is 102 Å². The Kier molecular flexibility index (Phi) is 3.60. The van der Waals surface area contributed by atoms with Crippen molar-refractivity contribution in [3.05, 3.63) is 16.0 Å². The number of hydrogen-bond acceptors (Lipinski definition) is 2. The number of nitrogen functional groups attached to an aromatic ring is 1. The molecule has 0 aliphatic heterocycles. The molecule has 0 unspecified atom stereocenters. The van der Waals surface area contributed by atoms with Crippen molar-refractivity contribution in [1.29, 1.82) is 0 Å². The molecule has 2 rings (SSSR count). The van der Waals surface area contributed by atoms with Crippen molar-refractivity contribution in [2.45, 2.75) is 65.0 Å². The minimum Gasteiger partial charge on any atom is -0.393 e. The maximum Gasteiger partial charge on any atom is 0.290 e. The molecule has 2 N–H and O–H groups in total. The van der Waals surface area contributed by atoms with E-state index in [1.54, 1.807) is 0 Å². The second-order valence-electron chi connectivity index (χ2n) is 4.91. The molecule has 17 heavy (non-hydrogen) atoms. The Morgan fingerprint density at radius 2 is 1.94 bits per heavy atom. The summed E-state index contributed by atoms with van der Waals surface area (Å²) in [5.41, 5.74) is 7.52. The van der Waals surface area contributed by atoms with E-state index in [-0.39, 0.29) is 5.56 Å². The van der Waals surface area contributed by atoms with Gasteiger partial charge < -0.3 is 5.73 Å². The fraction of sp³-hybridized carbons (Fsp3) is 0.769. The first-order valence-electron chi connectivity index (χ1n) is 6.80. The van der Waals surface area contributed by atoms with E-state index in [1.165, 1.54) is 12.8 Å². The van der Waals surface area contributed by atoms with Crippen LogP contribution >= 0.6 is 0 Å². The molecule has 0 aromatic carbocycles. The van der Waals surface area contributed by atoms with Gasteiger partial charge in [0.05, 0.1) is 11.7 Å². The standard InChI is InChI=1S/C13H23N3O/c1-3-7-11-12(14)13(17)16(15(11)4-2)10-8-5-6-9-10/h10H,3-9,14H2,1-2H3. The van der Waals surface area contributed by atoms with Gasteiger partial charge in [0.2, 0.25) is 0 Å². The highest BCUT2D eigenvalue weighted by molar-refractivity contribution is 5.42. The summed E-state index contributed by atoms with van der Waals surface area (Å²) in [7, 11) is 0. The van der Waals surface area contributed by atoms with Crippen LogP contribution in [0.3, 0.4) is 0 Å². The lowest BCUT2D eigenvalue weighted by atomic mass is 10.2. The average Bonchev–Trinajstić information content (AvgIpc) is 2.91. The van der Waals surface area contributed by atoms with Gasteiger partial charge in [0, 0.05) is 6.54 Å². The van der Waals surface area contributed by atoms with Crippen molar-refractivity contribution in [3.8, 4) is 0 Å². The zero-order valence-corrected chi connectivity index (χ0v) is 10.9. The number of nitrogens with zero attached hydrogens (tertiary/aromatic N) is 2. The maximum absolute atomic E-state index is 12.2. The molecule has 0 saturated heterocycles. The van der Waals surface area contributed by atoms with Crippen molar-refractivity contribution in [3.63, 3.8) is 0 Å². The molecule has 0 amide bonds. The average molecular weight is 237 g/mol. The van der Waals surface area contributed by atoms with Crippen molar-refractivity contribution in [2.24, 2.45) is 0 Å². The van der Waals surface area contributed by atoms with Gasteiger partial charge in [-0.1, -0.05) is 26.2 Å². The summed E-state index contributed by atoms with van der Waals surface area (Å²) in [6, 6.07) is 0.371. The van der Waals surface area contributed by atoms with E-state index in [0.29, 0.717) is 11.7 Å². The van der Waals surface area contributed by atoms with Crippen LogP contribution in [0.1, 0.15) is 57.7 Å². The van der Waals surface area contributed by atoms with Crippen LogP contribution in [0.15, 0.2) is 4.79 Å². The molecule has 1 fully saturated rings. The van der Waals surface area contributed by atoms with Gasteiger partial charge in [-0.3, -0.25) is 9.48 Å². The van der Waals surface area contributed by atoms with Crippen LogP contribution in [-0.2, 0) is 13.0 Å². The lowest BCUT2D eigenvalue weighted by Gasteiger charge is -2.17. The first-order valence-corrected chi connectivity index (χ1v) is 6.80. The Bertz CT molecular complexity index is 438. The van der Waals surface area contributed by atoms with Crippen molar-refractivity contribution >= 4 is 5.69 Å². The molecular formula is C13H23N3O. The van der Waals surface area contributed by atoms with Crippen LogP contribution in [0, 0.1) is 0 Å². The summed E-state index contributed by atoms with van der Waals surface area (Å²) in [5.74, 6) is 0. The third-order valence-corrected chi connectivity index (χ3v) is 3.78. The summed E-state index contributed by atoms with van der Waals surface area (Å²) >= 11 is 0. The van der Waals surface area contributed by atoms with Gasteiger partial charge in [-0.2, -0.15) is 0 Å². The molecule has 0 atom stereocenters. The number of aromatic nitrogens is 2. The summed E-state index contributed by atoms with van der Waals surface area (Å²) in [5, 5.41) is 0. The molecule has 1 saturated carbocycles. The Morgan fingerprint density at radius 1 is 1.29 bits per heavy atom. The van der Waals surface area contributed by atoms with E-state index < -0.39 is 0 Å². The third-order valence-electron chi connectivity index (χ3n) is 3.78. The van der Waals surface area contributed by atoms with Gasteiger partial charge in [0.25, 0.3) is 5.56 Å². The van der Waals surface area contributed by atoms with Crippen LogP contribution in [0.4, 0.5) is 5.69 Å². The highest BCUT2D eigenvalue weighted by Crippen LogP contribution is 2.29. The van der Waals surface area contributed by atoms with E-state index in [0.717, 1.165) is 37.9 Å². The minimum absolute atomic E-state index is 0.0298. The second kappa shape index (κ2) is 4.98. The van der Waals surface area contributed by atoms with Gasteiger partial charge in [-0.15, -0.1) is 0 Å². The number of anilines is 1. The minimum atomic E-state index is 0.0298. The fourth-order valence-electron chi connectivity index (χ4n) is 2.98. The highest BCUT2D eigenvalue weighted by Gasteiger charge is 2.24. The molecule has 1 aliphatic carbocycles. The highest BCUT2D eigenvalue weighted by atomic mass is 16.1. The van der Waals surface area contributed by atoms with Crippen molar-refractivity contribution < 1.29 is 0 Å². The monoisotopic (exact) mass is 237 g/mol. The first kappa shape index (κ1) is 12.3. The Hall–Kier alpha value is -1.19. The molecule has 1 heterocycles. The molecule has 0 radical (unpaired) electrons. The lowest BCUT2D eigenvalue weighted by Crippen LogP contribution is -2.27. The molecule has 4 heteroatoms. The summed E-state index contributed by atoms with van der Waals surface area (Å²) in [6.07, 6.45) is 6.63. The van der Waals surface area contributed by atoms with Gasteiger partial charge in [0.15, 0.2) is 0 Å². The van der Waals surface area contributed by atoms with E-state index in [2.05, 4.69) is 18.5 Å². The third kappa shape index (κ3) is 2.01. The van der Waals surface area contributed by atoms with E-state index in [9.17, 15) is 4.79 Å². The maximum atomic E-state index is 12.2. The quantitative estimate of drug-likeness (QED) is 0.873. The van der Waals surface area contributed by atoms with Crippen LogP contribution in [0.25, 0.3) is 0 Å². The lowest BCUT2D eigenvalue weighted by molar-refractivity contribution is 0.364. The smallest absolute Gasteiger partial charge is 0.290 e. The van der Waals surface area contributed by atoms with Gasteiger partial charge in [-0.05, 0) is 26.2 Å². The van der Waals surface area contributed by atoms with Gasteiger partial charge in [-0.25, -0.2) is 4.68 Å². The summed E-state index contributed by atoms with van der Waals surface area (Å²) in [4.78, 5) is 12.2. The predicted molar refractivity (Wildman–Crippen MR) is 70.3 cm³/mol. The van der Waals surface area contributed by atoms with Crippen LogP contribution in [0.2, 0.25) is 0 Å². The summed E-state index contributed by atoms with van der Waals surface area (Å²) in [6.45, 7) is 5.04. The van der Waals surface area contributed by atoms with Crippen LogP contribution in [0.5, 0.6) is 0 Å². The summed E-state index contributed by atoms with van der Waals surface area (Å²) < 4.78 is 4.03. The van der Waals surface area contributed by atoms with Gasteiger partial charge in [0.1, 0.15) is 5.69 Å². The van der Waals surface area contributed by atoms with E-state index in [1.807, 2.05) is 4.68 Å². The SMILES string of the molecule is CCCc1c(N)c(=O)n(C2CCCC2)n1CC. The molecule has 4 nitrogen and oxygen atoms in total. The van der Waals surface area contributed by atoms with Crippen molar-refractivity contribution in [1.82, 2.24) is 9.36 Å². The van der Waals surface area contributed by atoms with Crippen LogP contribution in [-0.4, -0.2) is 9.36 Å². The fourth-order valence-corrected chi connectivity index (χ4v) is 2.98. The van der Waals surface area contributed by atoms with E-state index in [4.69, 9.17) is 5.73 Å². The molecule has 1 aromatic heterocycles.